The van der Waals surface area contributed by atoms with Gasteiger partial charge in [0.15, 0.2) is 0 Å². The smallest absolute Gasteiger partial charge is 0.423 e. The van der Waals surface area contributed by atoms with Crippen molar-refractivity contribution in [1.29, 1.82) is 0 Å². The van der Waals surface area contributed by atoms with E-state index in [0.717, 1.165) is 22.3 Å². The van der Waals surface area contributed by atoms with Gasteiger partial charge in [-0.05, 0) is 32.8 Å². The number of hydrogen-bond acceptors (Lipinski definition) is 4. The van der Waals surface area contributed by atoms with E-state index < -0.39 is 34.1 Å². The molecule has 0 aliphatic carbocycles. The first kappa shape index (κ1) is 32.9. The van der Waals surface area contributed by atoms with Crippen molar-refractivity contribution < 1.29 is 27.2 Å². The summed E-state index contributed by atoms with van der Waals surface area (Å²) in [6, 6.07) is 8.00. The maximum atomic E-state index is 14.1. The monoisotopic (exact) mass is 570 g/mol. The molecule has 0 aromatic heterocycles. The van der Waals surface area contributed by atoms with E-state index in [-0.39, 0.29) is 22.3 Å². The summed E-state index contributed by atoms with van der Waals surface area (Å²) in [6.07, 6.45) is 0. The first-order valence-electron chi connectivity index (χ1n) is 13.0. The fourth-order valence-electron chi connectivity index (χ4n) is 4.45. The molecule has 0 spiro atoms. The molecule has 38 heavy (non-hydrogen) atoms. The van der Waals surface area contributed by atoms with Crippen molar-refractivity contribution in [2.75, 3.05) is 0 Å². The number of benzene rings is 2. The Labute approximate surface area is 231 Å². The number of hydrogen-bond donors (Lipinski definition) is 2. The highest BCUT2D eigenvalue weighted by Crippen LogP contribution is 2.52. The SMILES string of the molecule is CC(c1cc(C(C)(C)C)cc(C(C)(C)C)c1OP(O)F)c1cc(C(C)(C)C)cc(C(C)(C)C)c1OP(O)F. The van der Waals surface area contributed by atoms with Crippen molar-refractivity contribution in [2.45, 2.75) is 118 Å². The zero-order valence-corrected chi connectivity index (χ0v) is 27.0. The van der Waals surface area contributed by atoms with Crippen molar-refractivity contribution in [2.24, 2.45) is 0 Å². The number of rotatable bonds is 6. The van der Waals surface area contributed by atoms with Crippen LogP contribution in [0, 0.1) is 0 Å². The molecule has 0 heterocycles. The summed E-state index contributed by atoms with van der Waals surface area (Å²) >= 11 is 0. The summed E-state index contributed by atoms with van der Waals surface area (Å²) in [6.45, 7) is 26.7. The molecule has 4 nitrogen and oxygen atoms in total. The minimum Gasteiger partial charge on any atom is -0.423 e. The first-order chi connectivity index (χ1) is 16.9. The molecule has 0 aliphatic heterocycles. The van der Waals surface area contributed by atoms with Crippen LogP contribution >= 0.6 is 17.4 Å². The topological polar surface area (TPSA) is 58.9 Å². The van der Waals surface area contributed by atoms with E-state index in [1.54, 1.807) is 0 Å². The van der Waals surface area contributed by atoms with Crippen molar-refractivity contribution in [1.82, 2.24) is 0 Å². The van der Waals surface area contributed by atoms with E-state index in [9.17, 15) is 18.2 Å². The Morgan fingerprint density at radius 1 is 0.579 bits per heavy atom. The highest BCUT2D eigenvalue weighted by molar-refractivity contribution is 7.40. The Kier molecular flexibility index (Phi) is 9.76. The van der Waals surface area contributed by atoms with Crippen LogP contribution in [0.2, 0.25) is 0 Å². The fourth-order valence-corrected chi connectivity index (χ4v) is 5.16. The second-order valence-corrected chi connectivity index (χ2v) is 15.5. The summed E-state index contributed by atoms with van der Waals surface area (Å²) in [7, 11) is -6.37. The number of halogens is 2. The normalized spacial score (nSPS) is 15.7. The second kappa shape index (κ2) is 11.3. The second-order valence-electron chi connectivity index (χ2n) is 14.2. The van der Waals surface area contributed by atoms with Crippen LogP contribution in [0.25, 0.3) is 0 Å². The van der Waals surface area contributed by atoms with Gasteiger partial charge in [-0.1, -0.05) is 114 Å². The molecule has 2 atom stereocenters. The molecule has 0 fully saturated rings. The Hall–Kier alpha value is -1.32. The van der Waals surface area contributed by atoms with Gasteiger partial charge in [-0.2, -0.15) is 0 Å². The van der Waals surface area contributed by atoms with E-state index in [0.29, 0.717) is 11.1 Å². The highest BCUT2D eigenvalue weighted by Gasteiger charge is 2.34. The van der Waals surface area contributed by atoms with Crippen molar-refractivity contribution in [3.05, 3.63) is 57.6 Å². The molecule has 0 aliphatic rings. The van der Waals surface area contributed by atoms with Gasteiger partial charge in [-0.25, -0.2) is 0 Å². The van der Waals surface area contributed by atoms with Crippen molar-refractivity contribution in [3.63, 3.8) is 0 Å². The lowest BCUT2D eigenvalue weighted by Crippen LogP contribution is -2.21. The molecule has 0 radical (unpaired) electrons. The van der Waals surface area contributed by atoms with Gasteiger partial charge < -0.3 is 18.8 Å². The van der Waals surface area contributed by atoms with Crippen LogP contribution < -0.4 is 9.05 Å². The summed E-state index contributed by atoms with van der Waals surface area (Å²) in [5.74, 6) is 0.117. The molecule has 0 amide bonds. The largest absolute Gasteiger partial charge is 0.436 e. The van der Waals surface area contributed by atoms with E-state index >= 15 is 0 Å². The van der Waals surface area contributed by atoms with Gasteiger partial charge in [-0.15, -0.1) is 8.39 Å². The molecule has 0 bridgehead atoms. The summed E-state index contributed by atoms with van der Waals surface area (Å²) < 4.78 is 39.3. The van der Waals surface area contributed by atoms with Crippen LogP contribution in [0.5, 0.6) is 11.5 Å². The molecule has 2 unspecified atom stereocenters. The average molecular weight is 571 g/mol. The van der Waals surface area contributed by atoms with Gasteiger partial charge in [0.25, 0.3) is 0 Å². The lowest BCUT2D eigenvalue weighted by molar-refractivity contribution is 0.416. The molecule has 0 saturated heterocycles. The van der Waals surface area contributed by atoms with Crippen molar-refractivity contribution in [3.8, 4) is 11.5 Å². The lowest BCUT2D eigenvalue weighted by Gasteiger charge is -2.33. The third-order valence-corrected chi connectivity index (χ3v) is 7.52. The van der Waals surface area contributed by atoms with E-state index in [1.165, 1.54) is 0 Å². The molecule has 2 aromatic carbocycles. The van der Waals surface area contributed by atoms with Gasteiger partial charge in [-0.3, -0.25) is 0 Å². The Balaban J connectivity index is 3.09. The highest BCUT2D eigenvalue weighted by atomic mass is 31.2. The lowest BCUT2D eigenvalue weighted by atomic mass is 9.74. The maximum absolute atomic E-state index is 14.1. The van der Waals surface area contributed by atoms with Gasteiger partial charge in [0.1, 0.15) is 11.5 Å². The van der Waals surface area contributed by atoms with Crippen LogP contribution in [0.15, 0.2) is 24.3 Å². The molecular weight excluding hydrogens is 524 g/mol. The zero-order chi connectivity index (χ0) is 29.6. The Bertz CT molecular complexity index is 1050. The molecule has 2 N–H and O–H groups in total. The van der Waals surface area contributed by atoms with E-state index in [4.69, 9.17) is 9.05 Å². The minimum absolute atomic E-state index is 0.228. The predicted octanol–water partition coefficient (Wildman–Crippen LogP) is 10.2. The summed E-state index contributed by atoms with van der Waals surface area (Å²) in [5.41, 5.74) is 3.63. The average Bonchev–Trinajstić information content (AvgIpc) is 2.69. The molecule has 0 saturated carbocycles. The first-order valence-corrected chi connectivity index (χ1v) is 15.2. The van der Waals surface area contributed by atoms with E-state index in [2.05, 4.69) is 41.5 Å². The standard InChI is InChI=1S/C30H46F2O4P2/c1-18(21-14-19(27(2,3)4)16-23(29(8,9)10)25(21)35-37(31)33)22-15-20(28(5,6)7)17-24(30(11,12)13)26(22)36-38(32)34/h14-18,33-34H,1-13H3. The van der Waals surface area contributed by atoms with Crippen LogP contribution in [-0.4, -0.2) is 9.79 Å². The third-order valence-electron chi connectivity index (χ3n) is 6.85. The molecular formula is C30H46F2O4P2. The fraction of sp³-hybridized carbons (Fsp3) is 0.600. The predicted molar refractivity (Wildman–Crippen MR) is 157 cm³/mol. The Morgan fingerprint density at radius 2 is 0.868 bits per heavy atom. The van der Waals surface area contributed by atoms with Crippen LogP contribution in [0.4, 0.5) is 8.39 Å². The van der Waals surface area contributed by atoms with Gasteiger partial charge >= 0.3 is 17.4 Å². The Morgan fingerprint density at radius 3 is 1.08 bits per heavy atom. The maximum Gasteiger partial charge on any atom is 0.436 e. The summed E-state index contributed by atoms with van der Waals surface area (Å²) in [5, 5.41) is 0. The summed E-state index contributed by atoms with van der Waals surface area (Å²) in [4.78, 5) is 19.5. The van der Waals surface area contributed by atoms with Crippen LogP contribution in [0.3, 0.4) is 0 Å². The van der Waals surface area contributed by atoms with Gasteiger partial charge in [0.2, 0.25) is 0 Å². The molecule has 2 aromatic rings. The minimum atomic E-state index is -3.19. The van der Waals surface area contributed by atoms with Gasteiger partial charge in [0, 0.05) is 28.2 Å². The van der Waals surface area contributed by atoms with Crippen molar-refractivity contribution >= 4 is 17.4 Å². The molecule has 214 valence electrons. The third kappa shape index (κ3) is 7.87. The van der Waals surface area contributed by atoms with Crippen LogP contribution in [-0.2, 0) is 21.7 Å². The quantitative estimate of drug-likeness (QED) is 0.339. The zero-order valence-electron chi connectivity index (χ0n) is 25.2. The van der Waals surface area contributed by atoms with Crippen LogP contribution in [0.1, 0.15) is 129 Å². The van der Waals surface area contributed by atoms with Gasteiger partial charge in [0.05, 0.1) is 0 Å². The van der Waals surface area contributed by atoms with E-state index in [1.807, 2.05) is 72.7 Å². The molecule has 8 heteroatoms. The molecule has 2 rings (SSSR count).